The van der Waals surface area contributed by atoms with E-state index < -0.39 is 40.7 Å². The first-order chi connectivity index (χ1) is 22.3. The number of carbonyl (C=O) groups is 2. The molecule has 1 N–H and O–H groups in total. The van der Waals surface area contributed by atoms with Crippen LogP contribution in [0.4, 0.5) is 28.6 Å². The van der Waals surface area contributed by atoms with E-state index in [-0.39, 0.29) is 41.8 Å². The maximum Gasteiger partial charge on any atom is 0.425 e. The summed E-state index contributed by atoms with van der Waals surface area (Å²) in [7, 11) is 0. The molecule has 4 rings (SSSR count). The van der Waals surface area contributed by atoms with E-state index in [9.17, 15) is 27.9 Å². The second-order valence-corrected chi connectivity index (χ2v) is 13.8. The normalized spacial score (nSPS) is 17.1. The third-order valence-electron chi connectivity index (χ3n) is 6.99. The van der Waals surface area contributed by atoms with Gasteiger partial charge in [0.15, 0.2) is 11.6 Å². The molecule has 14 heteroatoms. The molecule has 48 heavy (non-hydrogen) atoms. The highest BCUT2D eigenvalue weighted by Gasteiger charge is 2.37. The maximum atomic E-state index is 13.7. The van der Waals surface area contributed by atoms with Crippen LogP contribution < -0.4 is 9.64 Å². The van der Waals surface area contributed by atoms with Crippen molar-refractivity contribution in [2.75, 3.05) is 24.7 Å². The van der Waals surface area contributed by atoms with Crippen molar-refractivity contribution in [3.63, 3.8) is 0 Å². The van der Waals surface area contributed by atoms with Crippen molar-refractivity contribution in [2.24, 2.45) is 0 Å². The summed E-state index contributed by atoms with van der Waals surface area (Å²) in [6.07, 6.45) is -3.02. The van der Waals surface area contributed by atoms with E-state index in [1.54, 1.807) is 53.7 Å². The van der Waals surface area contributed by atoms with Gasteiger partial charge in [-0.3, -0.25) is 4.98 Å². The number of benzene rings is 1. The van der Waals surface area contributed by atoms with E-state index in [2.05, 4.69) is 9.97 Å². The number of nitrogens with zero attached hydrogens (tertiary/aromatic N) is 3. The fraction of sp³-hybridized carbons (Fsp3) is 0.471. The number of hydrogen-bond donors (Lipinski definition) is 1. The lowest BCUT2D eigenvalue weighted by molar-refractivity contribution is -0.138. The van der Waals surface area contributed by atoms with Crippen molar-refractivity contribution < 1.29 is 46.8 Å². The van der Waals surface area contributed by atoms with Crippen LogP contribution in [-0.4, -0.2) is 58.3 Å². The smallest absolute Gasteiger partial charge is 0.425 e. The fourth-order valence-electron chi connectivity index (χ4n) is 4.87. The average Bonchev–Trinajstić information content (AvgIpc) is 2.96. The Labute approximate surface area is 282 Å². The minimum Gasteiger partial charge on any atom is -0.489 e. The topological polar surface area (TPSA) is 120 Å². The van der Waals surface area contributed by atoms with Gasteiger partial charge in [-0.1, -0.05) is 17.7 Å². The Morgan fingerprint density at radius 2 is 1.60 bits per heavy atom. The molecule has 10 nitrogen and oxygen atoms in total. The molecular weight excluding hydrogens is 655 g/mol. The molecule has 2 amide bonds. The van der Waals surface area contributed by atoms with Crippen LogP contribution in [0, 0.1) is 0 Å². The molecule has 1 atom stereocenters. The van der Waals surface area contributed by atoms with Crippen LogP contribution in [0.2, 0.25) is 5.02 Å². The van der Waals surface area contributed by atoms with Gasteiger partial charge in [0, 0.05) is 41.6 Å². The van der Waals surface area contributed by atoms with Gasteiger partial charge in [-0.25, -0.2) is 14.6 Å². The largest absolute Gasteiger partial charge is 0.489 e. The summed E-state index contributed by atoms with van der Waals surface area (Å²) in [6, 6.07) is 8.08. The lowest BCUT2D eigenvalue weighted by Gasteiger charge is -2.31. The number of aliphatic hydroxyl groups is 1. The number of ether oxygens (including phenoxy) is 4. The monoisotopic (exact) mass is 693 g/mol. The van der Waals surface area contributed by atoms with Gasteiger partial charge in [-0.2, -0.15) is 18.1 Å². The molecule has 1 fully saturated rings. The Balaban J connectivity index is 1.75. The van der Waals surface area contributed by atoms with E-state index in [0.717, 1.165) is 12.1 Å². The second-order valence-electron chi connectivity index (χ2n) is 13.4. The summed E-state index contributed by atoms with van der Waals surface area (Å²) >= 11 is 6.01. The van der Waals surface area contributed by atoms with Crippen LogP contribution in [0.1, 0.15) is 71.2 Å². The highest BCUT2D eigenvalue weighted by molar-refractivity contribution is 6.30. The number of rotatable bonds is 7. The Hall–Kier alpha value is -3.94. The molecule has 260 valence electrons. The predicted molar refractivity (Wildman–Crippen MR) is 172 cm³/mol. The van der Waals surface area contributed by atoms with Gasteiger partial charge in [0.2, 0.25) is 0 Å². The third kappa shape index (κ3) is 9.57. The zero-order chi connectivity index (χ0) is 35.5. The summed E-state index contributed by atoms with van der Waals surface area (Å²) in [5.74, 6) is -0.425. The van der Waals surface area contributed by atoms with Gasteiger partial charge in [0.25, 0.3) is 0 Å². The van der Waals surface area contributed by atoms with Gasteiger partial charge in [0.1, 0.15) is 16.8 Å². The number of anilines is 1. The second kappa shape index (κ2) is 14.3. The zero-order valence-electron chi connectivity index (χ0n) is 27.6. The quantitative estimate of drug-likeness (QED) is 0.262. The lowest BCUT2D eigenvalue weighted by atomic mass is 9.92. The molecule has 2 aromatic heterocycles. The molecular formula is C34H39ClF3N3O7. The van der Waals surface area contributed by atoms with Crippen molar-refractivity contribution in [3.05, 3.63) is 70.6 Å². The Bertz CT molecular complexity index is 1590. The molecule has 1 aliphatic heterocycles. The van der Waals surface area contributed by atoms with Crippen LogP contribution in [-0.2, 0) is 32.4 Å². The summed E-state index contributed by atoms with van der Waals surface area (Å²) in [5, 5.41) is 11.1. The van der Waals surface area contributed by atoms with Crippen LogP contribution in [0.5, 0.6) is 5.75 Å². The number of imide groups is 1. The zero-order valence-corrected chi connectivity index (χ0v) is 28.4. The Morgan fingerprint density at radius 1 is 0.958 bits per heavy atom. The summed E-state index contributed by atoms with van der Waals surface area (Å²) in [5.41, 5.74) is -2.84. The molecule has 1 saturated heterocycles. The molecule has 0 saturated carbocycles. The number of aromatic nitrogens is 2. The first-order valence-corrected chi connectivity index (χ1v) is 15.7. The van der Waals surface area contributed by atoms with Crippen LogP contribution in [0.25, 0.3) is 11.1 Å². The molecule has 0 radical (unpaired) electrons. The molecule has 3 heterocycles. The number of halogens is 4. The maximum absolute atomic E-state index is 13.7. The fourth-order valence-corrected chi connectivity index (χ4v) is 5.07. The summed E-state index contributed by atoms with van der Waals surface area (Å²) in [4.78, 5) is 36.2. The molecule has 0 aliphatic carbocycles. The molecule has 0 spiro atoms. The molecule has 0 bridgehead atoms. The van der Waals surface area contributed by atoms with Gasteiger partial charge in [-0.15, -0.1) is 0 Å². The van der Waals surface area contributed by atoms with Crippen molar-refractivity contribution in [1.29, 1.82) is 0 Å². The molecule has 1 aliphatic rings. The van der Waals surface area contributed by atoms with Crippen molar-refractivity contribution >= 4 is 29.6 Å². The SMILES string of the molecule is CC(C)(C)OC(=O)N(C(=O)OC(C)(C)C)c1ncc(-c2ccc(C3(O)CCCOC3)nc2)cc1OCCc1cc(Cl)ccc1C(F)(F)F. The standard InChI is InChI=1S/C34H39ClF3N3O7/c1-31(2,3)47-29(42)41(30(43)48-32(4,5)6)28-26(46-15-12-21-16-24(35)9-10-25(21)34(36,37)38)17-23(19-40-28)22-8-11-27(39-18-22)33(44)13-7-14-45-20-33/h8-11,16-19,44H,7,12-15,20H2,1-6H3. The number of alkyl halides is 3. The number of amides is 2. The van der Waals surface area contributed by atoms with Gasteiger partial charge in [-0.05, 0) is 90.3 Å². The van der Waals surface area contributed by atoms with E-state index in [1.807, 2.05) is 0 Å². The molecule has 1 unspecified atom stereocenters. The third-order valence-corrected chi connectivity index (χ3v) is 7.23. The molecule has 3 aromatic rings. The van der Waals surface area contributed by atoms with Crippen molar-refractivity contribution in [1.82, 2.24) is 9.97 Å². The highest BCUT2D eigenvalue weighted by atomic mass is 35.5. The van der Waals surface area contributed by atoms with E-state index in [1.165, 1.54) is 24.5 Å². The number of pyridine rings is 2. The Morgan fingerprint density at radius 3 is 2.15 bits per heavy atom. The van der Waals surface area contributed by atoms with E-state index in [0.29, 0.717) is 41.2 Å². The van der Waals surface area contributed by atoms with Gasteiger partial charge >= 0.3 is 18.4 Å². The average molecular weight is 694 g/mol. The van der Waals surface area contributed by atoms with Crippen LogP contribution in [0.3, 0.4) is 0 Å². The van der Waals surface area contributed by atoms with Crippen LogP contribution >= 0.6 is 11.6 Å². The van der Waals surface area contributed by atoms with Gasteiger partial charge in [0.05, 0.1) is 24.5 Å². The van der Waals surface area contributed by atoms with E-state index >= 15 is 0 Å². The first kappa shape index (κ1) is 36.9. The summed E-state index contributed by atoms with van der Waals surface area (Å²) < 4.78 is 63.6. The summed E-state index contributed by atoms with van der Waals surface area (Å²) in [6.45, 7) is 10.0. The molecule has 1 aromatic carbocycles. The predicted octanol–water partition coefficient (Wildman–Crippen LogP) is 8.11. The van der Waals surface area contributed by atoms with Crippen molar-refractivity contribution in [3.8, 4) is 16.9 Å². The number of hydrogen-bond acceptors (Lipinski definition) is 9. The highest BCUT2D eigenvalue weighted by Crippen LogP contribution is 2.36. The first-order valence-electron chi connectivity index (χ1n) is 15.3. The minimum absolute atomic E-state index is 0.110. The van der Waals surface area contributed by atoms with E-state index in [4.69, 9.17) is 30.5 Å². The Kier molecular flexibility index (Phi) is 11.0. The number of carbonyl (C=O) groups excluding carboxylic acids is 2. The van der Waals surface area contributed by atoms with Crippen molar-refractivity contribution in [2.45, 2.75) is 83.8 Å². The van der Waals surface area contributed by atoms with Crippen LogP contribution in [0.15, 0.2) is 48.8 Å². The lowest BCUT2D eigenvalue weighted by Crippen LogP contribution is -2.44. The minimum atomic E-state index is -4.63. The van der Waals surface area contributed by atoms with Gasteiger partial charge < -0.3 is 24.1 Å².